The van der Waals surface area contributed by atoms with Crippen LogP contribution in [0.1, 0.15) is 39.2 Å². The number of aromatic amines is 1. The van der Waals surface area contributed by atoms with Crippen LogP contribution >= 0.6 is 15.9 Å². The Morgan fingerprint density at radius 3 is 2.80 bits per heavy atom. The van der Waals surface area contributed by atoms with E-state index in [4.69, 9.17) is 0 Å². The molecule has 5 heteroatoms. The molecule has 1 radical (unpaired) electrons. The van der Waals surface area contributed by atoms with Crippen molar-refractivity contribution >= 4 is 26.8 Å². The first-order chi connectivity index (χ1) is 11.8. The molecular weight excluding hydrogens is 383 g/mol. The van der Waals surface area contributed by atoms with Gasteiger partial charge in [-0.15, -0.1) is 0 Å². The van der Waals surface area contributed by atoms with Gasteiger partial charge >= 0.3 is 0 Å². The van der Waals surface area contributed by atoms with E-state index in [0.29, 0.717) is 33.4 Å². The normalized spacial score (nSPS) is 19.5. The lowest BCUT2D eigenvalue weighted by molar-refractivity contribution is 0.0819. The van der Waals surface area contributed by atoms with Crippen molar-refractivity contribution in [3.63, 3.8) is 0 Å². The number of aromatic nitrogens is 1. The Morgan fingerprint density at radius 1 is 1.32 bits per heavy atom. The lowest BCUT2D eigenvalue weighted by Crippen LogP contribution is -2.48. The Morgan fingerprint density at radius 2 is 2.08 bits per heavy atom. The van der Waals surface area contributed by atoms with Crippen LogP contribution in [-0.4, -0.2) is 29.0 Å². The molecule has 0 spiro atoms. The first-order valence-electron chi connectivity index (χ1n) is 8.82. The van der Waals surface area contributed by atoms with Gasteiger partial charge in [0.1, 0.15) is 5.82 Å². The molecule has 25 heavy (non-hydrogen) atoms. The summed E-state index contributed by atoms with van der Waals surface area (Å²) >= 11 is 3.26. The van der Waals surface area contributed by atoms with Crippen molar-refractivity contribution in [3.8, 4) is 0 Å². The molecule has 1 fully saturated rings. The van der Waals surface area contributed by atoms with E-state index in [2.05, 4.69) is 53.0 Å². The number of piperidine rings is 1. The van der Waals surface area contributed by atoms with Crippen molar-refractivity contribution in [1.82, 2.24) is 9.88 Å². The zero-order valence-corrected chi connectivity index (χ0v) is 16.6. The van der Waals surface area contributed by atoms with Crippen molar-refractivity contribution in [2.75, 3.05) is 13.1 Å². The van der Waals surface area contributed by atoms with E-state index in [9.17, 15) is 9.18 Å². The minimum atomic E-state index is -0.318. The average molecular weight is 408 g/mol. The van der Waals surface area contributed by atoms with E-state index in [0.717, 1.165) is 25.9 Å². The van der Waals surface area contributed by atoms with Gasteiger partial charge in [-0.2, -0.15) is 0 Å². The largest absolute Gasteiger partial charge is 0.322 e. The van der Waals surface area contributed by atoms with Gasteiger partial charge in [0.25, 0.3) is 5.56 Å². The number of nitrogens with one attached hydrogen (secondary N) is 1. The molecule has 0 saturated carbocycles. The molecule has 1 atom stereocenters. The first kappa shape index (κ1) is 18.6. The number of hydrogen-bond donors (Lipinski definition) is 1. The molecule has 1 unspecified atom stereocenters. The van der Waals surface area contributed by atoms with Gasteiger partial charge in [0.2, 0.25) is 0 Å². The lowest BCUT2D eigenvalue weighted by Gasteiger charge is -2.43. The van der Waals surface area contributed by atoms with Crippen LogP contribution in [-0.2, 0) is 6.42 Å². The molecule has 0 amide bonds. The minimum absolute atomic E-state index is 0.124. The van der Waals surface area contributed by atoms with E-state index in [1.54, 1.807) is 12.1 Å². The van der Waals surface area contributed by atoms with E-state index in [1.165, 1.54) is 6.07 Å². The summed E-state index contributed by atoms with van der Waals surface area (Å²) < 4.78 is 14.8. The fourth-order valence-electron chi connectivity index (χ4n) is 3.73. The van der Waals surface area contributed by atoms with Crippen LogP contribution in [0, 0.1) is 17.7 Å². The van der Waals surface area contributed by atoms with Crippen LogP contribution in [0.15, 0.2) is 27.5 Å². The number of fused-ring (bicyclic) bond motifs is 1. The molecule has 1 saturated heterocycles. The summed E-state index contributed by atoms with van der Waals surface area (Å²) in [5.41, 5.74) is 1.25. The number of rotatable bonds is 3. The summed E-state index contributed by atoms with van der Waals surface area (Å²) in [7, 11) is 0. The fraction of sp³-hybridized carbons (Fsp3) is 0.500. The van der Waals surface area contributed by atoms with Gasteiger partial charge in [-0.25, -0.2) is 4.39 Å². The molecule has 1 aromatic carbocycles. The van der Waals surface area contributed by atoms with Crippen LogP contribution in [0.25, 0.3) is 10.9 Å². The summed E-state index contributed by atoms with van der Waals surface area (Å²) in [5, 5.41) is 0.470. The highest BCUT2D eigenvalue weighted by Gasteiger charge is 2.32. The predicted octanol–water partition coefficient (Wildman–Crippen LogP) is 4.69. The zero-order chi connectivity index (χ0) is 18.2. The third-order valence-corrected chi connectivity index (χ3v) is 5.53. The number of H-pyrrole nitrogens is 1. The van der Waals surface area contributed by atoms with Crippen LogP contribution < -0.4 is 5.56 Å². The second-order valence-corrected chi connectivity index (χ2v) is 8.87. The third kappa shape index (κ3) is 4.14. The van der Waals surface area contributed by atoms with Crippen molar-refractivity contribution in [2.24, 2.45) is 5.41 Å². The zero-order valence-electron chi connectivity index (χ0n) is 15.0. The van der Waals surface area contributed by atoms with Crippen LogP contribution in [0.2, 0.25) is 0 Å². The summed E-state index contributed by atoms with van der Waals surface area (Å²) in [6.07, 6.45) is 5.17. The van der Waals surface area contributed by atoms with Gasteiger partial charge in [-0.05, 0) is 55.8 Å². The highest BCUT2D eigenvalue weighted by atomic mass is 79.9. The van der Waals surface area contributed by atoms with E-state index < -0.39 is 0 Å². The molecule has 1 aliphatic heterocycles. The number of pyridine rings is 1. The number of benzene rings is 1. The lowest BCUT2D eigenvalue weighted by atomic mass is 9.80. The van der Waals surface area contributed by atoms with Crippen LogP contribution in [0.4, 0.5) is 4.39 Å². The number of hydrogen-bond acceptors (Lipinski definition) is 2. The van der Waals surface area contributed by atoms with Gasteiger partial charge in [0.05, 0.1) is 5.52 Å². The van der Waals surface area contributed by atoms with Crippen molar-refractivity contribution in [2.45, 2.75) is 46.1 Å². The summed E-state index contributed by atoms with van der Waals surface area (Å²) in [4.78, 5) is 17.7. The first-order valence-corrected chi connectivity index (χ1v) is 9.61. The highest BCUT2D eigenvalue weighted by molar-refractivity contribution is 9.10. The summed E-state index contributed by atoms with van der Waals surface area (Å²) in [6.45, 7) is 8.64. The van der Waals surface area contributed by atoms with Crippen molar-refractivity contribution in [1.29, 1.82) is 0 Å². The molecule has 2 heterocycles. The second kappa shape index (κ2) is 7.20. The number of nitrogens with zero attached hydrogens (tertiary/aromatic N) is 1. The Kier molecular flexibility index (Phi) is 5.35. The Bertz CT molecular complexity index is 825. The SMILES string of the molecule is CC(C)(C)C1C[CH]CCN1CCc1cc2c(F)cc(Br)cc2[nH]c1=O. The van der Waals surface area contributed by atoms with Gasteiger partial charge in [0, 0.05) is 28.0 Å². The minimum Gasteiger partial charge on any atom is -0.322 e. The van der Waals surface area contributed by atoms with Crippen molar-refractivity contribution < 1.29 is 4.39 Å². The van der Waals surface area contributed by atoms with Gasteiger partial charge in [0.15, 0.2) is 0 Å². The molecule has 135 valence electrons. The maximum absolute atomic E-state index is 14.2. The molecule has 0 aliphatic carbocycles. The molecule has 1 aromatic heterocycles. The quantitative estimate of drug-likeness (QED) is 0.800. The molecule has 3 nitrogen and oxygen atoms in total. The summed E-state index contributed by atoms with van der Waals surface area (Å²) in [5.74, 6) is -0.318. The second-order valence-electron chi connectivity index (χ2n) is 7.95. The molecule has 2 aromatic rings. The molecule has 1 N–H and O–H groups in total. The third-order valence-electron chi connectivity index (χ3n) is 5.07. The highest BCUT2D eigenvalue weighted by Crippen LogP contribution is 2.31. The topological polar surface area (TPSA) is 36.1 Å². The number of likely N-dealkylation sites (tertiary alicyclic amines) is 1. The summed E-state index contributed by atoms with van der Waals surface area (Å²) in [6, 6.07) is 5.35. The Hall–Kier alpha value is -1.20. The maximum Gasteiger partial charge on any atom is 0.251 e. The molecule has 3 rings (SSSR count). The van der Waals surface area contributed by atoms with E-state index in [-0.39, 0.29) is 16.8 Å². The van der Waals surface area contributed by atoms with Gasteiger partial charge in [-0.3, -0.25) is 9.69 Å². The smallest absolute Gasteiger partial charge is 0.251 e. The average Bonchev–Trinajstić information content (AvgIpc) is 2.52. The van der Waals surface area contributed by atoms with E-state index in [1.807, 2.05) is 0 Å². The van der Waals surface area contributed by atoms with Gasteiger partial charge in [-0.1, -0.05) is 36.7 Å². The van der Waals surface area contributed by atoms with Crippen molar-refractivity contribution in [3.05, 3.63) is 50.8 Å². The standard InChI is InChI=1S/C20H25BrFN2O/c1-20(2,3)18-6-4-5-8-24(18)9-7-13-10-15-16(22)11-14(21)12-17(15)23-19(13)25/h4,10-12,18H,5-9H2,1-3H3,(H,23,25). The maximum atomic E-state index is 14.2. The Labute approximate surface area is 156 Å². The number of halogens is 2. The fourth-order valence-corrected chi connectivity index (χ4v) is 4.16. The monoisotopic (exact) mass is 407 g/mol. The van der Waals surface area contributed by atoms with Gasteiger partial charge < -0.3 is 4.98 Å². The Balaban J connectivity index is 1.83. The predicted molar refractivity (Wildman–Crippen MR) is 104 cm³/mol. The molecular formula is C20H25BrFN2O. The van der Waals surface area contributed by atoms with Crippen LogP contribution in [0.5, 0.6) is 0 Å². The molecule has 0 bridgehead atoms. The van der Waals surface area contributed by atoms with E-state index >= 15 is 0 Å². The molecule has 1 aliphatic rings. The van der Waals surface area contributed by atoms with Crippen LogP contribution in [0.3, 0.4) is 0 Å².